The van der Waals surface area contributed by atoms with Crippen molar-refractivity contribution < 1.29 is 19.1 Å². The second kappa shape index (κ2) is 4.94. The number of carbonyl (C=O) groups excluding carboxylic acids is 1. The molecule has 1 N–H and O–H groups in total. The molecule has 5 nitrogen and oxygen atoms in total. The van der Waals surface area contributed by atoms with Crippen LogP contribution >= 0.6 is 0 Å². The van der Waals surface area contributed by atoms with Gasteiger partial charge in [-0.25, -0.2) is 4.79 Å². The third-order valence-corrected chi connectivity index (χ3v) is 2.08. The summed E-state index contributed by atoms with van der Waals surface area (Å²) < 4.78 is 9.76. The van der Waals surface area contributed by atoms with Gasteiger partial charge in [0.1, 0.15) is 11.5 Å². The molecule has 0 saturated carbocycles. The van der Waals surface area contributed by atoms with Crippen molar-refractivity contribution in [1.82, 2.24) is 0 Å². The maximum Gasteiger partial charge on any atom is 0.339 e. The maximum atomic E-state index is 11.8. The van der Waals surface area contributed by atoms with Crippen molar-refractivity contribution in [2.75, 3.05) is 7.11 Å². The Morgan fingerprint density at radius 3 is 2.75 bits per heavy atom. The molecule has 0 unspecified atom stereocenters. The summed E-state index contributed by atoms with van der Waals surface area (Å²) in [6.07, 6.45) is -0.784. The lowest BCUT2D eigenvalue weighted by Gasteiger charge is -2.09. The van der Waals surface area contributed by atoms with Gasteiger partial charge >= 0.3 is 5.63 Å². The zero-order valence-corrected chi connectivity index (χ0v) is 9.44. The third-order valence-electron chi connectivity index (χ3n) is 2.08. The van der Waals surface area contributed by atoms with Gasteiger partial charge in [-0.1, -0.05) is 0 Å². The SMILES string of the molecule is COc1cc(=O)oc(C)c1C(=O)C[C@H](C)O. The minimum Gasteiger partial charge on any atom is -0.496 e. The monoisotopic (exact) mass is 226 g/mol. The highest BCUT2D eigenvalue weighted by Gasteiger charge is 2.19. The first-order valence-corrected chi connectivity index (χ1v) is 4.85. The molecule has 0 aliphatic rings. The number of rotatable bonds is 4. The van der Waals surface area contributed by atoms with Crippen molar-refractivity contribution in [3.8, 4) is 5.75 Å². The van der Waals surface area contributed by atoms with Gasteiger partial charge < -0.3 is 14.3 Å². The van der Waals surface area contributed by atoms with Crippen LogP contribution in [-0.4, -0.2) is 24.1 Å². The van der Waals surface area contributed by atoms with E-state index in [1.807, 2.05) is 0 Å². The van der Waals surface area contributed by atoms with Crippen LogP contribution in [-0.2, 0) is 0 Å². The molecule has 1 atom stereocenters. The Morgan fingerprint density at radius 2 is 2.25 bits per heavy atom. The number of hydrogen-bond acceptors (Lipinski definition) is 5. The lowest BCUT2D eigenvalue weighted by Crippen LogP contribution is -2.14. The predicted molar refractivity (Wildman–Crippen MR) is 56.9 cm³/mol. The Balaban J connectivity index is 3.21. The zero-order valence-electron chi connectivity index (χ0n) is 9.44. The van der Waals surface area contributed by atoms with Crippen molar-refractivity contribution in [2.24, 2.45) is 0 Å². The van der Waals surface area contributed by atoms with E-state index in [9.17, 15) is 9.59 Å². The summed E-state index contributed by atoms with van der Waals surface area (Å²) in [5, 5.41) is 9.14. The van der Waals surface area contributed by atoms with E-state index >= 15 is 0 Å². The molecule has 0 fully saturated rings. The van der Waals surface area contributed by atoms with Gasteiger partial charge in [-0.3, -0.25) is 4.79 Å². The second-order valence-electron chi connectivity index (χ2n) is 3.54. The highest BCUT2D eigenvalue weighted by atomic mass is 16.5. The topological polar surface area (TPSA) is 76.7 Å². The minimum absolute atomic E-state index is 0.0368. The largest absolute Gasteiger partial charge is 0.496 e. The fourth-order valence-electron chi connectivity index (χ4n) is 1.45. The van der Waals surface area contributed by atoms with E-state index in [4.69, 9.17) is 14.3 Å². The molecule has 0 bridgehead atoms. The number of methoxy groups -OCH3 is 1. The first kappa shape index (κ1) is 12.4. The Labute approximate surface area is 92.7 Å². The van der Waals surface area contributed by atoms with Crippen molar-refractivity contribution >= 4 is 5.78 Å². The third kappa shape index (κ3) is 2.70. The first-order valence-electron chi connectivity index (χ1n) is 4.85. The van der Waals surface area contributed by atoms with Crippen LogP contribution in [0.1, 0.15) is 29.5 Å². The maximum absolute atomic E-state index is 11.8. The highest BCUT2D eigenvalue weighted by molar-refractivity contribution is 5.99. The van der Waals surface area contributed by atoms with Crippen molar-refractivity contribution in [3.63, 3.8) is 0 Å². The van der Waals surface area contributed by atoms with Gasteiger partial charge in [-0.05, 0) is 13.8 Å². The fraction of sp³-hybridized carbons (Fsp3) is 0.455. The molecule has 1 aromatic rings. The number of aliphatic hydroxyl groups excluding tert-OH is 1. The average Bonchev–Trinajstić information content (AvgIpc) is 2.14. The molecule has 0 saturated heterocycles. The highest BCUT2D eigenvalue weighted by Crippen LogP contribution is 2.21. The molecule has 88 valence electrons. The van der Waals surface area contributed by atoms with Crippen LogP contribution in [0.5, 0.6) is 5.75 Å². The van der Waals surface area contributed by atoms with Crippen LogP contribution in [0.4, 0.5) is 0 Å². The molecule has 1 rings (SSSR count). The van der Waals surface area contributed by atoms with Gasteiger partial charge in [0.15, 0.2) is 5.78 Å². The number of ether oxygens (including phenoxy) is 1. The Kier molecular flexibility index (Phi) is 3.84. The van der Waals surface area contributed by atoms with Crippen LogP contribution in [0.2, 0.25) is 0 Å². The molecule has 0 amide bonds. The summed E-state index contributed by atoms with van der Waals surface area (Å²) in [5.74, 6) is 0.0718. The van der Waals surface area contributed by atoms with Crippen LogP contribution < -0.4 is 10.4 Å². The Bertz CT molecular complexity index is 444. The molecule has 1 heterocycles. The standard InChI is InChI=1S/C11H14O5/c1-6(12)4-8(13)11-7(2)16-10(14)5-9(11)15-3/h5-6,12H,4H2,1-3H3/t6-/m0/s1. The van der Waals surface area contributed by atoms with Gasteiger partial charge in [0.2, 0.25) is 0 Å². The smallest absolute Gasteiger partial charge is 0.339 e. The van der Waals surface area contributed by atoms with Crippen molar-refractivity contribution in [2.45, 2.75) is 26.4 Å². The molecular weight excluding hydrogens is 212 g/mol. The van der Waals surface area contributed by atoms with Gasteiger partial charge in [0.25, 0.3) is 0 Å². The van der Waals surface area contributed by atoms with Crippen molar-refractivity contribution in [1.29, 1.82) is 0 Å². The van der Waals surface area contributed by atoms with E-state index in [2.05, 4.69) is 0 Å². The molecule has 0 aliphatic heterocycles. The summed E-state index contributed by atoms with van der Waals surface area (Å²) in [7, 11) is 1.37. The Hall–Kier alpha value is -1.62. The van der Waals surface area contributed by atoms with E-state index < -0.39 is 11.7 Å². The summed E-state index contributed by atoms with van der Waals surface area (Å²) in [5.41, 5.74) is -0.356. The normalized spacial score (nSPS) is 12.2. The first-order chi connectivity index (χ1) is 7.45. The molecular formula is C11H14O5. The van der Waals surface area contributed by atoms with E-state index in [1.54, 1.807) is 0 Å². The lowest BCUT2D eigenvalue weighted by atomic mass is 10.0. The Morgan fingerprint density at radius 1 is 1.62 bits per heavy atom. The zero-order chi connectivity index (χ0) is 12.3. The van der Waals surface area contributed by atoms with Crippen LogP contribution in [0, 0.1) is 6.92 Å². The molecule has 5 heteroatoms. The van der Waals surface area contributed by atoms with E-state index in [-0.39, 0.29) is 29.3 Å². The fourth-order valence-corrected chi connectivity index (χ4v) is 1.45. The molecule has 0 spiro atoms. The summed E-state index contributed by atoms with van der Waals surface area (Å²) in [4.78, 5) is 22.8. The van der Waals surface area contributed by atoms with Gasteiger partial charge in [-0.15, -0.1) is 0 Å². The van der Waals surface area contributed by atoms with E-state index in [0.717, 1.165) is 6.07 Å². The second-order valence-corrected chi connectivity index (χ2v) is 3.54. The molecule has 0 aliphatic carbocycles. The van der Waals surface area contributed by atoms with Gasteiger partial charge in [-0.2, -0.15) is 0 Å². The van der Waals surface area contributed by atoms with Crippen LogP contribution in [0.25, 0.3) is 0 Å². The van der Waals surface area contributed by atoms with Crippen molar-refractivity contribution in [3.05, 3.63) is 27.8 Å². The number of aliphatic hydroxyl groups is 1. The van der Waals surface area contributed by atoms with Crippen LogP contribution in [0.3, 0.4) is 0 Å². The molecule has 0 aromatic carbocycles. The van der Waals surface area contributed by atoms with E-state index in [1.165, 1.54) is 21.0 Å². The number of carbonyl (C=O) groups is 1. The van der Waals surface area contributed by atoms with Crippen LogP contribution in [0.15, 0.2) is 15.3 Å². The number of Topliss-reactive ketones (excluding diaryl/α,β-unsaturated/α-hetero) is 1. The van der Waals surface area contributed by atoms with Gasteiger partial charge in [0, 0.05) is 6.42 Å². The number of aryl methyl sites for hydroxylation is 1. The molecule has 0 radical (unpaired) electrons. The summed E-state index contributed by atoms with van der Waals surface area (Å²) >= 11 is 0. The molecule has 16 heavy (non-hydrogen) atoms. The lowest BCUT2D eigenvalue weighted by molar-refractivity contribution is 0.0894. The van der Waals surface area contributed by atoms with E-state index in [0.29, 0.717) is 0 Å². The summed E-state index contributed by atoms with van der Waals surface area (Å²) in [6.45, 7) is 3.03. The molecule has 1 aromatic heterocycles. The predicted octanol–water partition coefficient (Wildman–Crippen LogP) is 0.910. The minimum atomic E-state index is -0.747. The average molecular weight is 226 g/mol. The number of hydrogen-bond donors (Lipinski definition) is 1. The van der Waals surface area contributed by atoms with Gasteiger partial charge in [0.05, 0.1) is 24.8 Å². The summed E-state index contributed by atoms with van der Waals surface area (Å²) in [6, 6.07) is 1.11. The number of ketones is 1. The quantitative estimate of drug-likeness (QED) is 0.772.